The van der Waals surface area contributed by atoms with Gasteiger partial charge in [0.15, 0.2) is 0 Å². The molecule has 0 unspecified atom stereocenters. The average molecular weight is 240 g/mol. The predicted octanol–water partition coefficient (Wildman–Crippen LogP) is 2.66. The molecule has 3 nitrogen and oxygen atoms in total. The van der Waals surface area contributed by atoms with Crippen molar-refractivity contribution < 1.29 is 5.11 Å². The molecule has 1 atom stereocenters. The highest BCUT2D eigenvalue weighted by molar-refractivity contribution is 5.47. The first kappa shape index (κ1) is 11.2. The standard InChI is InChI=1S/C15H16N2O/c1-11(18)12-6-7-15(16-8-12)17-9-13-4-2-3-5-14(13)10-17/h2-8,11,18H,9-10H2,1H3/t11-/m0/s1. The molecule has 0 radical (unpaired) electrons. The lowest BCUT2D eigenvalue weighted by Gasteiger charge is -2.17. The number of anilines is 1. The van der Waals surface area contributed by atoms with Crippen LogP contribution in [0.2, 0.25) is 0 Å². The van der Waals surface area contributed by atoms with Crippen LogP contribution in [-0.2, 0) is 13.1 Å². The van der Waals surface area contributed by atoms with Gasteiger partial charge in [0, 0.05) is 19.3 Å². The molecule has 0 aliphatic carbocycles. The first-order valence-electron chi connectivity index (χ1n) is 6.20. The van der Waals surface area contributed by atoms with Gasteiger partial charge in [-0.2, -0.15) is 0 Å². The molecule has 3 heteroatoms. The summed E-state index contributed by atoms with van der Waals surface area (Å²) in [4.78, 5) is 6.68. The van der Waals surface area contributed by atoms with Crippen LogP contribution in [0.1, 0.15) is 29.7 Å². The van der Waals surface area contributed by atoms with Crippen LogP contribution in [0.15, 0.2) is 42.6 Å². The highest BCUT2D eigenvalue weighted by Gasteiger charge is 2.19. The van der Waals surface area contributed by atoms with E-state index in [1.807, 2.05) is 12.1 Å². The lowest BCUT2D eigenvalue weighted by atomic mass is 10.1. The number of nitrogens with zero attached hydrogens (tertiary/aromatic N) is 2. The van der Waals surface area contributed by atoms with Crippen LogP contribution in [0.5, 0.6) is 0 Å². The smallest absolute Gasteiger partial charge is 0.129 e. The molecule has 1 N–H and O–H groups in total. The average Bonchev–Trinajstić information content (AvgIpc) is 2.82. The molecule has 0 saturated heterocycles. The van der Waals surface area contributed by atoms with Gasteiger partial charge in [0.2, 0.25) is 0 Å². The van der Waals surface area contributed by atoms with Gasteiger partial charge in [-0.05, 0) is 29.7 Å². The summed E-state index contributed by atoms with van der Waals surface area (Å²) >= 11 is 0. The van der Waals surface area contributed by atoms with Crippen LogP contribution >= 0.6 is 0 Å². The zero-order chi connectivity index (χ0) is 12.5. The van der Waals surface area contributed by atoms with Gasteiger partial charge in [0.25, 0.3) is 0 Å². The fraction of sp³-hybridized carbons (Fsp3) is 0.267. The lowest BCUT2D eigenvalue weighted by molar-refractivity contribution is 0.199. The number of aromatic nitrogens is 1. The first-order chi connectivity index (χ1) is 8.74. The summed E-state index contributed by atoms with van der Waals surface area (Å²) in [6.07, 6.45) is 1.30. The number of aliphatic hydroxyl groups excluding tert-OH is 1. The summed E-state index contributed by atoms with van der Waals surface area (Å²) < 4.78 is 0. The molecular weight excluding hydrogens is 224 g/mol. The Balaban J connectivity index is 1.82. The highest BCUT2D eigenvalue weighted by Crippen LogP contribution is 2.27. The summed E-state index contributed by atoms with van der Waals surface area (Å²) in [5.74, 6) is 0.968. The summed E-state index contributed by atoms with van der Waals surface area (Å²) in [5.41, 5.74) is 3.60. The Bertz CT molecular complexity index is 524. The Morgan fingerprint density at radius 2 is 1.78 bits per heavy atom. The van der Waals surface area contributed by atoms with E-state index in [0.717, 1.165) is 24.5 Å². The van der Waals surface area contributed by atoms with Crippen molar-refractivity contribution in [3.05, 3.63) is 59.3 Å². The fourth-order valence-corrected chi connectivity index (χ4v) is 2.33. The summed E-state index contributed by atoms with van der Waals surface area (Å²) in [6, 6.07) is 12.4. The van der Waals surface area contributed by atoms with Gasteiger partial charge in [-0.1, -0.05) is 30.3 Å². The minimum atomic E-state index is -0.456. The van der Waals surface area contributed by atoms with Crippen molar-refractivity contribution in [1.82, 2.24) is 4.98 Å². The van der Waals surface area contributed by atoms with Crippen molar-refractivity contribution in [3.63, 3.8) is 0 Å². The molecular formula is C15H16N2O. The quantitative estimate of drug-likeness (QED) is 0.876. The molecule has 0 fully saturated rings. The van der Waals surface area contributed by atoms with E-state index in [-0.39, 0.29) is 0 Å². The maximum absolute atomic E-state index is 9.47. The van der Waals surface area contributed by atoms with E-state index in [9.17, 15) is 5.11 Å². The molecule has 0 amide bonds. The molecule has 92 valence electrons. The summed E-state index contributed by atoms with van der Waals surface area (Å²) in [5, 5.41) is 9.47. The molecule has 0 saturated carbocycles. The minimum absolute atomic E-state index is 0.456. The number of hydrogen-bond acceptors (Lipinski definition) is 3. The number of benzene rings is 1. The Kier molecular flexibility index (Phi) is 2.76. The van der Waals surface area contributed by atoms with Gasteiger partial charge in [0.05, 0.1) is 6.10 Å². The van der Waals surface area contributed by atoms with Crippen LogP contribution in [-0.4, -0.2) is 10.1 Å². The molecule has 2 aromatic rings. The number of aliphatic hydroxyl groups is 1. The van der Waals surface area contributed by atoms with Crippen molar-refractivity contribution in [2.75, 3.05) is 4.90 Å². The molecule has 1 aliphatic heterocycles. The third-order valence-corrected chi connectivity index (χ3v) is 3.42. The van der Waals surface area contributed by atoms with E-state index in [2.05, 4.69) is 34.1 Å². The molecule has 2 heterocycles. The van der Waals surface area contributed by atoms with Crippen LogP contribution in [0.25, 0.3) is 0 Å². The van der Waals surface area contributed by atoms with Gasteiger partial charge in [0.1, 0.15) is 5.82 Å². The largest absolute Gasteiger partial charge is 0.389 e. The van der Waals surface area contributed by atoms with E-state index in [1.54, 1.807) is 13.1 Å². The van der Waals surface area contributed by atoms with Gasteiger partial charge < -0.3 is 10.0 Å². The maximum atomic E-state index is 9.47. The molecule has 3 rings (SSSR count). The molecule has 1 aromatic heterocycles. The summed E-state index contributed by atoms with van der Waals surface area (Å²) in [7, 11) is 0. The van der Waals surface area contributed by atoms with Crippen LogP contribution < -0.4 is 4.90 Å². The Morgan fingerprint density at radius 3 is 2.28 bits per heavy atom. The van der Waals surface area contributed by atoms with Crippen LogP contribution in [0.3, 0.4) is 0 Å². The number of rotatable bonds is 2. The van der Waals surface area contributed by atoms with E-state index < -0.39 is 6.10 Å². The number of hydrogen-bond donors (Lipinski definition) is 1. The minimum Gasteiger partial charge on any atom is -0.389 e. The van der Waals surface area contributed by atoms with Crippen molar-refractivity contribution in [1.29, 1.82) is 0 Å². The fourth-order valence-electron chi connectivity index (χ4n) is 2.33. The second-order valence-corrected chi connectivity index (χ2v) is 4.75. The second-order valence-electron chi connectivity index (χ2n) is 4.75. The van der Waals surface area contributed by atoms with Crippen molar-refractivity contribution in [3.8, 4) is 0 Å². The van der Waals surface area contributed by atoms with Crippen LogP contribution in [0.4, 0.5) is 5.82 Å². The maximum Gasteiger partial charge on any atom is 0.129 e. The Hall–Kier alpha value is -1.87. The molecule has 1 aromatic carbocycles. The lowest BCUT2D eigenvalue weighted by Crippen LogP contribution is -2.15. The zero-order valence-corrected chi connectivity index (χ0v) is 10.4. The number of fused-ring (bicyclic) bond motifs is 1. The van der Waals surface area contributed by atoms with Gasteiger partial charge in [-0.25, -0.2) is 4.98 Å². The normalized spacial score (nSPS) is 15.6. The van der Waals surface area contributed by atoms with Crippen molar-refractivity contribution in [2.24, 2.45) is 0 Å². The second kappa shape index (κ2) is 4.42. The number of pyridine rings is 1. The van der Waals surface area contributed by atoms with Gasteiger partial charge >= 0.3 is 0 Å². The Labute approximate surface area is 107 Å². The van der Waals surface area contributed by atoms with E-state index >= 15 is 0 Å². The summed E-state index contributed by atoms with van der Waals surface area (Å²) in [6.45, 7) is 3.58. The molecule has 1 aliphatic rings. The first-order valence-corrected chi connectivity index (χ1v) is 6.20. The zero-order valence-electron chi connectivity index (χ0n) is 10.4. The SMILES string of the molecule is C[C@H](O)c1ccc(N2Cc3ccccc3C2)nc1. The third-order valence-electron chi connectivity index (χ3n) is 3.42. The topological polar surface area (TPSA) is 36.4 Å². The van der Waals surface area contributed by atoms with Crippen molar-refractivity contribution in [2.45, 2.75) is 26.1 Å². The molecule has 18 heavy (non-hydrogen) atoms. The van der Waals surface area contributed by atoms with Gasteiger partial charge in [-0.15, -0.1) is 0 Å². The van der Waals surface area contributed by atoms with Crippen LogP contribution in [0, 0.1) is 0 Å². The molecule has 0 spiro atoms. The third kappa shape index (κ3) is 1.97. The predicted molar refractivity (Wildman–Crippen MR) is 71.2 cm³/mol. The van der Waals surface area contributed by atoms with E-state index in [1.165, 1.54) is 11.1 Å². The molecule has 0 bridgehead atoms. The van der Waals surface area contributed by atoms with Gasteiger partial charge in [-0.3, -0.25) is 0 Å². The Morgan fingerprint density at radius 1 is 1.11 bits per heavy atom. The van der Waals surface area contributed by atoms with E-state index in [0.29, 0.717) is 0 Å². The monoisotopic (exact) mass is 240 g/mol. The van der Waals surface area contributed by atoms with Crippen molar-refractivity contribution >= 4 is 5.82 Å². The van der Waals surface area contributed by atoms with E-state index in [4.69, 9.17) is 0 Å². The highest BCUT2D eigenvalue weighted by atomic mass is 16.3.